The molecule has 1 aliphatic rings. The summed E-state index contributed by atoms with van der Waals surface area (Å²) in [4.78, 5) is 0. The molecule has 5 heteroatoms. The third-order valence-corrected chi connectivity index (χ3v) is 3.57. The zero-order chi connectivity index (χ0) is 10.5. The highest BCUT2D eigenvalue weighted by atomic mass is 32.3. The van der Waals surface area contributed by atoms with Gasteiger partial charge in [0.25, 0.3) is 0 Å². The van der Waals surface area contributed by atoms with E-state index in [4.69, 9.17) is 19.0 Å². The van der Waals surface area contributed by atoms with Crippen LogP contribution in [0.4, 0.5) is 0 Å². The summed E-state index contributed by atoms with van der Waals surface area (Å²) < 4.78 is 23.4. The van der Waals surface area contributed by atoms with Crippen molar-refractivity contribution in [3.05, 3.63) is 0 Å². The monoisotopic (exact) mass is 211 g/mol. The van der Waals surface area contributed by atoms with E-state index in [-0.39, 0.29) is 11.2 Å². The topological polar surface area (TPSA) is 75.7 Å². The van der Waals surface area contributed by atoms with Gasteiger partial charge in [-0.3, -0.25) is 9.11 Å². The van der Waals surface area contributed by atoms with Crippen LogP contribution in [0.15, 0.2) is 0 Å². The largest absolute Gasteiger partial charge is 0.379 e. The Morgan fingerprint density at radius 2 is 1.92 bits per heavy atom. The maximum atomic E-state index is 9.15. The second-order valence-corrected chi connectivity index (χ2v) is 4.90. The van der Waals surface area contributed by atoms with E-state index in [0.29, 0.717) is 13.2 Å². The van der Waals surface area contributed by atoms with E-state index in [2.05, 4.69) is 0 Å². The number of nitrogens with two attached hydrogens (primary N) is 1. The Labute approximate surface area is 81.9 Å². The van der Waals surface area contributed by atoms with Crippen molar-refractivity contribution in [2.24, 2.45) is 11.1 Å². The van der Waals surface area contributed by atoms with Crippen LogP contribution in [0.3, 0.4) is 0 Å². The first-order chi connectivity index (χ1) is 6.02. The highest BCUT2D eigenvalue weighted by Gasteiger charge is 2.30. The van der Waals surface area contributed by atoms with Crippen LogP contribution in [0.1, 0.15) is 27.2 Å². The molecule has 4 nitrogen and oxygen atoms in total. The fraction of sp³-hybridized carbons (Fsp3) is 1.00. The molecule has 2 unspecified atom stereocenters. The quantitative estimate of drug-likeness (QED) is 0.620. The Morgan fingerprint density at radius 3 is 2.23 bits per heavy atom. The van der Waals surface area contributed by atoms with Crippen LogP contribution in [0.5, 0.6) is 0 Å². The normalized spacial score (nSPS) is 30.3. The van der Waals surface area contributed by atoms with Gasteiger partial charge in [0.05, 0.1) is 11.9 Å². The molecule has 0 radical (unpaired) electrons. The van der Waals surface area contributed by atoms with Gasteiger partial charge in [-0.05, 0) is 12.3 Å². The van der Waals surface area contributed by atoms with E-state index >= 15 is 0 Å². The summed E-state index contributed by atoms with van der Waals surface area (Å²) in [6.45, 7) is 7.04. The molecular weight excluding hydrogens is 190 g/mol. The van der Waals surface area contributed by atoms with Crippen molar-refractivity contribution in [2.75, 3.05) is 13.2 Å². The lowest BCUT2D eigenvalue weighted by molar-refractivity contribution is 0.0718. The summed E-state index contributed by atoms with van der Waals surface area (Å²) in [6.07, 6.45) is 0.859. The minimum absolute atomic E-state index is 0.249. The van der Waals surface area contributed by atoms with Gasteiger partial charge in [0.15, 0.2) is 0 Å². The molecule has 0 aliphatic carbocycles. The van der Waals surface area contributed by atoms with Gasteiger partial charge in [-0.2, -0.15) is 0 Å². The second kappa shape index (κ2) is 5.82. The standard InChI is InChI=1S/C6H15NO3S.C2H6/c1-5-2-3-10-4-6(5)11(7,8)9;1-2/h5-6,8-9H,2-4,7H2,1H3;1-2H3. The van der Waals surface area contributed by atoms with Crippen LogP contribution in [-0.2, 0) is 4.74 Å². The van der Waals surface area contributed by atoms with E-state index in [9.17, 15) is 0 Å². The first-order valence-corrected chi connectivity index (χ1v) is 6.31. The molecule has 2 atom stereocenters. The van der Waals surface area contributed by atoms with Gasteiger partial charge < -0.3 is 4.74 Å². The highest BCUT2D eigenvalue weighted by molar-refractivity contribution is 8.22. The predicted octanol–water partition coefficient (Wildman–Crippen LogP) is 2.06. The zero-order valence-electron chi connectivity index (χ0n) is 8.56. The van der Waals surface area contributed by atoms with Crippen molar-refractivity contribution >= 4 is 10.8 Å². The van der Waals surface area contributed by atoms with Crippen LogP contribution in [0.2, 0.25) is 0 Å². The average Bonchev–Trinajstić information content (AvgIpc) is 2.07. The summed E-state index contributed by atoms with van der Waals surface area (Å²) in [5, 5.41) is 4.93. The van der Waals surface area contributed by atoms with E-state index in [1.54, 1.807) is 0 Å². The molecule has 1 aliphatic heterocycles. The van der Waals surface area contributed by atoms with E-state index in [1.165, 1.54) is 0 Å². The average molecular weight is 211 g/mol. The lowest BCUT2D eigenvalue weighted by Crippen LogP contribution is -2.38. The molecule has 0 aromatic carbocycles. The van der Waals surface area contributed by atoms with E-state index < -0.39 is 10.8 Å². The molecule has 82 valence electrons. The fourth-order valence-electron chi connectivity index (χ4n) is 1.26. The Balaban J connectivity index is 0.000000671. The third-order valence-electron chi connectivity index (χ3n) is 2.08. The third kappa shape index (κ3) is 4.28. The predicted molar refractivity (Wildman–Crippen MR) is 56.8 cm³/mol. The Hall–Kier alpha value is 0.190. The van der Waals surface area contributed by atoms with Gasteiger partial charge in [-0.15, -0.1) is 10.8 Å². The van der Waals surface area contributed by atoms with Crippen LogP contribution < -0.4 is 5.14 Å². The first kappa shape index (κ1) is 13.2. The Bertz CT molecular complexity index is 138. The first-order valence-electron chi connectivity index (χ1n) is 4.64. The lowest BCUT2D eigenvalue weighted by Gasteiger charge is -2.41. The maximum Gasteiger partial charge on any atom is 0.0895 e. The molecule has 0 bridgehead atoms. The molecular formula is C8H21NO3S. The zero-order valence-corrected chi connectivity index (χ0v) is 9.38. The maximum absolute atomic E-state index is 9.15. The van der Waals surface area contributed by atoms with Crippen LogP contribution in [0.25, 0.3) is 0 Å². The minimum atomic E-state index is -2.90. The van der Waals surface area contributed by atoms with Crippen LogP contribution in [0, 0.1) is 5.92 Å². The summed E-state index contributed by atoms with van der Waals surface area (Å²) in [5.74, 6) is 0.249. The van der Waals surface area contributed by atoms with Crippen molar-refractivity contribution in [3.8, 4) is 0 Å². The Morgan fingerprint density at radius 1 is 1.38 bits per heavy atom. The molecule has 1 fully saturated rings. The van der Waals surface area contributed by atoms with Crippen molar-refractivity contribution < 1.29 is 13.8 Å². The van der Waals surface area contributed by atoms with Gasteiger partial charge in [-0.1, -0.05) is 20.8 Å². The molecule has 0 spiro atoms. The summed E-state index contributed by atoms with van der Waals surface area (Å²) in [6, 6.07) is 0. The van der Waals surface area contributed by atoms with E-state index in [1.807, 2.05) is 20.8 Å². The van der Waals surface area contributed by atoms with Gasteiger partial charge in [0, 0.05) is 6.61 Å². The van der Waals surface area contributed by atoms with Crippen molar-refractivity contribution in [3.63, 3.8) is 0 Å². The van der Waals surface area contributed by atoms with Gasteiger partial charge in [0.2, 0.25) is 0 Å². The summed E-state index contributed by atoms with van der Waals surface area (Å²) >= 11 is 0. The second-order valence-electron chi connectivity index (χ2n) is 3.02. The molecule has 1 saturated heterocycles. The number of rotatable bonds is 1. The summed E-state index contributed by atoms with van der Waals surface area (Å²) in [5.41, 5.74) is 0. The number of hydrogen-bond acceptors (Lipinski definition) is 4. The van der Waals surface area contributed by atoms with Gasteiger partial charge >= 0.3 is 0 Å². The molecule has 1 heterocycles. The van der Waals surface area contributed by atoms with Gasteiger partial charge in [0.1, 0.15) is 0 Å². The van der Waals surface area contributed by atoms with Crippen molar-refractivity contribution in [1.82, 2.24) is 0 Å². The number of hydrogen-bond donors (Lipinski definition) is 3. The Kier molecular flexibility index (Phi) is 5.91. The van der Waals surface area contributed by atoms with Crippen molar-refractivity contribution in [2.45, 2.75) is 32.4 Å². The lowest BCUT2D eigenvalue weighted by atomic mass is 10.0. The smallest absolute Gasteiger partial charge is 0.0895 e. The summed E-state index contributed by atoms with van der Waals surface area (Å²) in [7, 11) is -2.90. The molecule has 1 rings (SSSR count). The molecule has 13 heavy (non-hydrogen) atoms. The highest BCUT2D eigenvalue weighted by Crippen LogP contribution is 2.42. The van der Waals surface area contributed by atoms with Gasteiger partial charge in [-0.25, -0.2) is 5.14 Å². The molecule has 4 N–H and O–H groups in total. The molecule has 0 aromatic heterocycles. The van der Waals surface area contributed by atoms with Crippen LogP contribution in [-0.4, -0.2) is 27.6 Å². The van der Waals surface area contributed by atoms with E-state index in [0.717, 1.165) is 6.42 Å². The fourth-order valence-corrected chi connectivity index (χ4v) is 2.38. The molecule has 0 amide bonds. The van der Waals surface area contributed by atoms with Crippen molar-refractivity contribution in [1.29, 1.82) is 0 Å². The number of ether oxygens (including phenoxy) is 1. The SMILES string of the molecule is CC.CC1CCOCC1S(N)(O)O. The molecule has 0 aromatic rings. The minimum Gasteiger partial charge on any atom is -0.379 e. The molecule has 0 saturated carbocycles. The van der Waals surface area contributed by atoms with Crippen LogP contribution >= 0.6 is 10.8 Å².